The van der Waals surface area contributed by atoms with Crippen molar-refractivity contribution in [3.8, 4) is 0 Å². The van der Waals surface area contributed by atoms with Crippen LogP contribution < -0.4 is 10.0 Å². The van der Waals surface area contributed by atoms with Gasteiger partial charge in [-0.25, -0.2) is 17.9 Å². The molecule has 3 atom stereocenters. The number of sulfonamides is 1. The first-order valence-corrected chi connectivity index (χ1v) is 15.9. The number of amides is 4. The summed E-state index contributed by atoms with van der Waals surface area (Å²) in [6.45, 7) is 8.38. The average molecular weight is 619 g/mol. The maximum Gasteiger partial charge on any atom is 0.331 e. The molecule has 0 spiro atoms. The topological polar surface area (TPSA) is 136 Å². The molecule has 0 unspecified atom stereocenters. The first-order chi connectivity index (χ1) is 19.6. The van der Waals surface area contributed by atoms with Gasteiger partial charge in [0, 0.05) is 36.6 Å². The number of likely N-dealkylation sites (tertiary alicyclic amines) is 2. The number of nitrogens with zero attached hydrogens (tertiary/aromatic N) is 2. The summed E-state index contributed by atoms with van der Waals surface area (Å²) in [5.41, 5.74) is -1.10. The summed E-state index contributed by atoms with van der Waals surface area (Å²) in [7, 11) is -4.04. The van der Waals surface area contributed by atoms with Gasteiger partial charge in [0.25, 0.3) is 10.0 Å². The van der Waals surface area contributed by atoms with Gasteiger partial charge in [-0.15, -0.1) is 0 Å². The Kier molecular flexibility index (Phi) is 9.25. The minimum atomic E-state index is -4.04. The molecule has 2 saturated heterocycles. The van der Waals surface area contributed by atoms with Gasteiger partial charge in [0.2, 0.25) is 11.8 Å². The molecule has 2 aliphatic heterocycles. The number of hydrogen-bond donors (Lipinski definition) is 3. The number of aliphatic hydroxyl groups is 1. The fourth-order valence-electron chi connectivity index (χ4n) is 5.75. The van der Waals surface area contributed by atoms with Gasteiger partial charge in [-0.1, -0.05) is 69.6 Å². The van der Waals surface area contributed by atoms with Crippen LogP contribution in [0.4, 0.5) is 4.79 Å². The minimum absolute atomic E-state index is 0.0300. The molecule has 2 aromatic rings. The molecule has 4 amide bonds. The number of carbonyl (C=O) groups excluding carboxylic acids is 3. The molecular weight excluding hydrogens is 580 g/mol. The van der Waals surface area contributed by atoms with Crippen molar-refractivity contribution in [1.29, 1.82) is 0 Å². The second-order valence-electron chi connectivity index (χ2n) is 12.1. The Morgan fingerprint density at radius 3 is 2.24 bits per heavy atom. The van der Waals surface area contributed by atoms with Gasteiger partial charge in [0.15, 0.2) is 0 Å². The number of benzene rings is 2. The van der Waals surface area contributed by atoms with Crippen LogP contribution in [0, 0.1) is 17.3 Å². The van der Waals surface area contributed by atoms with E-state index in [0.29, 0.717) is 24.4 Å². The van der Waals surface area contributed by atoms with E-state index in [-0.39, 0.29) is 42.3 Å². The summed E-state index contributed by atoms with van der Waals surface area (Å²) in [6.07, 6.45) is 0.666. The van der Waals surface area contributed by atoms with Crippen molar-refractivity contribution >= 4 is 39.5 Å². The fourth-order valence-corrected chi connectivity index (χ4v) is 6.87. The fraction of sp³-hybridized carbons (Fsp3) is 0.500. The van der Waals surface area contributed by atoms with Crippen LogP contribution in [0.15, 0.2) is 59.5 Å². The normalized spacial score (nSPS) is 23.0. The lowest BCUT2D eigenvalue weighted by Gasteiger charge is -2.51. The van der Waals surface area contributed by atoms with Crippen molar-refractivity contribution in [2.75, 3.05) is 26.2 Å². The molecule has 42 heavy (non-hydrogen) atoms. The Hall–Kier alpha value is -3.15. The van der Waals surface area contributed by atoms with Crippen molar-refractivity contribution in [3.63, 3.8) is 0 Å². The van der Waals surface area contributed by atoms with Gasteiger partial charge in [-0.2, -0.15) is 0 Å². The lowest BCUT2D eigenvalue weighted by molar-refractivity contribution is -0.157. The number of urea groups is 1. The van der Waals surface area contributed by atoms with E-state index in [9.17, 15) is 27.9 Å². The molecule has 0 bridgehead atoms. The van der Waals surface area contributed by atoms with Crippen LogP contribution in [-0.4, -0.2) is 73.4 Å². The van der Waals surface area contributed by atoms with Crippen molar-refractivity contribution in [3.05, 3.63) is 65.2 Å². The third-order valence-electron chi connectivity index (χ3n) is 8.43. The predicted octanol–water partition coefficient (Wildman–Crippen LogP) is 3.35. The molecule has 2 heterocycles. The van der Waals surface area contributed by atoms with Gasteiger partial charge in [0.1, 0.15) is 6.04 Å². The molecule has 2 aromatic carbocycles. The van der Waals surface area contributed by atoms with Crippen LogP contribution in [0.1, 0.15) is 46.1 Å². The molecule has 4 rings (SSSR count). The van der Waals surface area contributed by atoms with Crippen LogP contribution in [0.25, 0.3) is 0 Å². The van der Waals surface area contributed by atoms with Gasteiger partial charge >= 0.3 is 6.03 Å². The highest BCUT2D eigenvalue weighted by Crippen LogP contribution is 2.46. The van der Waals surface area contributed by atoms with Crippen molar-refractivity contribution in [1.82, 2.24) is 19.8 Å². The van der Waals surface area contributed by atoms with Gasteiger partial charge in [0.05, 0.1) is 16.4 Å². The zero-order valence-corrected chi connectivity index (χ0v) is 25.9. The smallest absolute Gasteiger partial charge is 0.331 e. The Balaban J connectivity index is 1.37. The summed E-state index contributed by atoms with van der Waals surface area (Å²) in [5, 5.41) is 15.1. The van der Waals surface area contributed by atoms with E-state index in [0.717, 1.165) is 5.56 Å². The number of halogens is 1. The van der Waals surface area contributed by atoms with Crippen molar-refractivity contribution < 1.29 is 27.9 Å². The second kappa shape index (κ2) is 12.2. The van der Waals surface area contributed by atoms with E-state index in [1.807, 2.05) is 27.7 Å². The molecule has 0 saturated carbocycles. The van der Waals surface area contributed by atoms with E-state index in [4.69, 9.17) is 11.6 Å². The SMILES string of the molecule is CC(C)[C@@H](NC(=O)[C@@H]1CCN(C(=O)NS(=O)(=O)c2ccccc2)C1)C(=O)N1CC[C@](O)(c2ccc(Cl)cc2)C(C)(C)C1. The van der Waals surface area contributed by atoms with Crippen molar-refractivity contribution in [2.45, 2.75) is 57.1 Å². The van der Waals surface area contributed by atoms with E-state index >= 15 is 0 Å². The molecule has 2 aliphatic rings. The molecule has 228 valence electrons. The lowest BCUT2D eigenvalue weighted by atomic mass is 9.66. The number of rotatable bonds is 7. The zero-order valence-electron chi connectivity index (χ0n) is 24.3. The maximum atomic E-state index is 13.7. The molecule has 0 aliphatic carbocycles. The maximum absolute atomic E-state index is 13.7. The molecule has 0 aromatic heterocycles. The standard InChI is InChI=1S/C30H39ClN4O6S/c1-20(2)25(27(37)35-17-15-30(39,29(3,4)19-35)22-10-12-23(31)13-11-22)32-26(36)21-14-16-34(18-21)28(38)33-42(40,41)24-8-6-5-7-9-24/h5-13,20-21,25,39H,14-19H2,1-4H3,(H,32,36)(H,33,38)/t21-,25-,30+/m1/s1. The van der Waals surface area contributed by atoms with Crippen LogP contribution in [-0.2, 0) is 25.2 Å². The van der Waals surface area contributed by atoms with Gasteiger partial charge in [-0.05, 0) is 48.6 Å². The Morgan fingerprint density at radius 2 is 1.64 bits per heavy atom. The molecule has 12 heteroatoms. The Labute approximate surface area is 252 Å². The van der Waals surface area contributed by atoms with Gasteiger partial charge < -0.3 is 20.2 Å². The Bertz CT molecular complexity index is 1420. The van der Waals surface area contributed by atoms with Crippen molar-refractivity contribution in [2.24, 2.45) is 17.3 Å². The first kappa shape index (κ1) is 31.8. The van der Waals surface area contributed by atoms with Crippen LogP contribution in [0.3, 0.4) is 0 Å². The van der Waals surface area contributed by atoms with E-state index < -0.39 is 39.0 Å². The number of carbonyl (C=O) groups is 3. The van der Waals surface area contributed by atoms with E-state index in [2.05, 4.69) is 10.0 Å². The van der Waals surface area contributed by atoms with Crippen LogP contribution in [0.5, 0.6) is 0 Å². The predicted molar refractivity (Wildman–Crippen MR) is 159 cm³/mol. The summed E-state index contributed by atoms with van der Waals surface area (Å²) in [4.78, 5) is 42.6. The third kappa shape index (κ3) is 6.58. The van der Waals surface area contributed by atoms with E-state index in [1.54, 1.807) is 47.4 Å². The summed E-state index contributed by atoms with van der Waals surface area (Å²) < 4.78 is 27.1. The molecular formula is C30H39ClN4O6S. The van der Waals surface area contributed by atoms with E-state index in [1.165, 1.54) is 17.0 Å². The molecule has 2 fully saturated rings. The highest BCUT2D eigenvalue weighted by molar-refractivity contribution is 7.90. The third-order valence-corrected chi connectivity index (χ3v) is 10.0. The number of nitrogens with one attached hydrogen (secondary N) is 2. The summed E-state index contributed by atoms with van der Waals surface area (Å²) in [5.74, 6) is -1.39. The molecule has 0 radical (unpaired) electrons. The monoisotopic (exact) mass is 618 g/mol. The minimum Gasteiger partial charge on any atom is -0.384 e. The number of hydrogen-bond acceptors (Lipinski definition) is 6. The summed E-state index contributed by atoms with van der Waals surface area (Å²) >= 11 is 6.04. The molecule has 10 nitrogen and oxygen atoms in total. The second-order valence-corrected chi connectivity index (χ2v) is 14.3. The quantitative estimate of drug-likeness (QED) is 0.435. The Morgan fingerprint density at radius 1 is 1.00 bits per heavy atom. The highest BCUT2D eigenvalue weighted by Gasteiger charge is 2.50. The largest absolute Gasteiger partial charge is 0.384 e. The number of piperidine rings is 1. The average Bonchev–Trinajstić information content (AvgIpc) is 3.44. The van der Waals surface area contributed by atoms with Crippen LogP contribution in [0.2, 0.25) is 5.02 Å². The highest BCUT2D eigenvalue weighted by atomic mass is 35.5. The summed E-state index contributed by atoms with van der Waals surface area (Å²) in [6, 6.07) is 13.1. The first-order valence-electron chi connectivity index (χ1n) is 14.1. The van der Waals surface area contributed by atoms with Gasteiger partial charge in [-0.3, -0.25) is 9.59 Å². The lowest BCUT2D eigenvalue weighted by Crippen LogP contribution is -2.60. The van der Waals surface area contributed by atoms with Crippen LogP contribution >= 0.6 is 11.6 Å². The zero-order chi connectivity index (χ0) is 30.9. The molecule has 3 N–H and O–H groups in total.